The molecule has 2 aliphatic rings. The van der Waals surface area contributed by atoms with Crippen molar-refractivity contribution in [2.45, 2.75) is 53.5 Å². The highest BCUT2D eigenvalue weighted by atomic mass is 32.2. The van der Waals surface area contributed by atoms with E-state index in [2.05, 4.69) is 72.8 Å². The van der Waals surface area contributed by atoms with Gasteiger partial charge in [-0.25, -0.2) is 8.42 Å². The van der Waals surface area contributed by atoms with Gasteiger partial charge < -0.3 is 9.29 Å². The summed E-state index contributed by atoms with van der Waals surface area (Å²) in [6.07, 6.45) is 1.37. The summed E-state index contributed by atoms with van der Waals surface area (Å²) >= 11 is 0. The van der Waals surface area contributed by atoms with Crippen molar-refractivity contribution < 1.29 is 22.5 Å². The number of hydrogen-bond acceptors (Lipinski definition) is 5. The minimum absolute atomic E-state index is 0.151. The fourth-order valence-corrected chi connectivity index (χ4v) is 9.23. The second kappa shape index (κ2) is 10.0. The van der Waals surface area contributed by atoms with Crippen molar-refractivity contribution >= 4 is 26.8 Å². The quantitative estimate of drug-likeness (QED) is 0.315. The van der Waals surface area contributed by atoms with Crippen LogP contribution in [0.25, 0.3) is 0 Å². The van der Waals surface area contributed by atoms with Crippen LogP contribution in [0.3, 0.4) is 0 Å². The molecule has 0 aromatic heterocycles. The Morgan fingerprint density at radius 3 is 1.78 bits per heavy atom. The van der Waals surface area contributed by atoms with Crippen molar-refractivity contribution in [1.82, 2.24) is 0 Å². The van der Waals surface area contributed by atoms with Gasteiger partial charge in [0, 0.05) is 5.41 Å². The van der Waals surface area contributed by atoms with Crippen LogP contribution in [0.15, 0.2) is 99.6 Å². The highest BCUT2D eigenvalue weighted by Gasteiger charge is 2.67. The fourth-order valence-electron chi connectivity index (χ4n) is 5.63. The van der Waals surface area contributed by atoms with Gasteiger partial charge in [0.05, 0.1) is 7.11 Å². The topological polar surface area (TPSA) is 83.5 Å². The Morgan fingerprint density at radius 2 is 1.36 bits per heavy atom. The molecule has 36 heavy (non-hydrogen) atoms. The molecule has 2 aliphatic carbocycles. The largest absolute Gasteiger partial charge is 0.747 e. The van der Waals surface area contributed by atoms with Gasteiger partial charge in [0.1, 0.15) is 26.3 Å². The molecule has 7 heteroatoms. The lowest BCUT2D eigenvalue weighted by molar-refractivity contribution is -0.128. The first-order valence-electron chi connectivity index (χ1n) is 12.0. The molecular weight excluding hydrogens is 492 g/mol. The molecule has 3 atom stereocenters. The minimum atomic E-state index is -4.49. The molecule has 0 N–H and O–H groups in total. The number of ether oxygens (including phenoxy) is 1. The summed E-state index contributed by atoms with van der Waals surface area (Å²) in [5.41, 5.74) is -0.994. The van der Waals surface area contributed by atoms with Crippen molar-refractivity contribution in [3.8, 4) is 5.75 Å². The number of ketones is 1. The summed E-state index contributed by atoms with van der Waals surface area (Å²) in [7, 11) is -2.91. The molecule has 2 saturated carbocycles. The molecule has 3 aromatic carbocycles. The Kier molecular flexibility index (Phi) is 7.37. The van der Waals surface area contributed by atoms with Crippen LogP contribution in [0.2, 0.25) is 0 Å². The van der Waals surface area contributed by atoms with Gasteiger partial charge in [-0.15, -0.1) is 0 Å². The molecule has 2 fully saturated rings. The SMILES string of the molecule is CC12CCC(C(S(=O)(=O)[O-])C1=O)C2(C)C.COc1ccccc1[S+](c1ccccc1)c1ccccc1. The maximum atomic E-state index is 12.0. The number of para-hydroxylation sites is 1. The number of Topliss-reactive ketones (excluding diaryl/α,β-unsaturated/α-hetero) is 1. The third kappa shape index (κ3) is 4.60. The second-order valence-corrected chi connectivity index (χ2v) is 13.5. The zero-order chi connectivity index (χ0) is 26.1. The van der Waals surface area contributed by atoms with E-state index < -0.39 is 20.8 Å². The number of methoxy groups -OCH3 is 1. The Bertz CT molecular complexity index is 1280. The maximum Gasteiger partial charge on any atom is 0.208 e. The Labute approximate surface area is 217 Å². The molecule has 3 unspecified atom stereocenters. The van der Waals surface area contributed by atoms with Gasteiger partial charge in [-0.3, -0.25) is 4.79 Å². The zero-order valence-electron chi connectivity index (χ0n) is 21.0. The molecule has 5 rings (SSSR count). The van der Waals surface area contributed by atoms with Gasteiger partial charge >= 0.3 is 0 Å². The van der Waals surface area contributed by atoms with Crippen LogP contribution in [0.5, 0.6) is 5.75 Å². The number of fused-ring (bicyclic) bond motifs is 2. The summed E-state index contributed by atoms with van der Waals surface area (Å²) in [6.45, 7) is 5.59. The molecule has 190 valence electrons. The Hall–Kier alpha value is -2.61. The van der Waals surface area contributed by atoms with Crippen molar-refractivity contribution in [3.63, 3.8) is 0 Å². The molecule has 3 aromatic rings. The van der Waals surface area contributed by atoms with Gasteiger partial charge in [0.15, 0.2) is 21.3 Å². The van der Waals surface area contributed by atoms with Crippen LogP contribution in [0.1, 0.15) is 33.6 Å². The van der Waals surface area contributed by atoms with Crippen molar-refractivity contribution in [1.29, 1.82) is 0 Å². The van der Waals surface area contributed by atoms with Crippen LogP contribution in [0, 0.1) is 16.7 Å². The van der Waals surface area contributed by atoms with Gasteiger partial charge in [0.25, 0.3) is 0 Å². The second-order valence-electron chi connectivity index (χ2n) is 10.1. The zero-order valence-corrected chi connectivity index (χ0v) is 22.6. The molecule has 0 heterocycles. The molecule has 0 aliphatic heterocycles. The van der Waals surface area contributed by atoms with E-state index in [4.69, 9.17) is 4.74 Å². The summed E-state index contributed by atoms with van der Waals surface area (Å²) < 4.78 is 38.8. The molecule has 0 amide bonds. The summed E-state index contributed by atoms with van der Waals surface area (Å²) in [4.78, 5) is 15.8. The normalized spacial score (nSPS) is 24.3. The third-order valence-electron chi connectivity index (χ3n) is 8.03. The first-order chi connectivity index (χ1) is 17.0. The van der Waals surface area contributed by atoms with E-state index in [1.54, 1.807) is 14.0 Å². The summed E-state index contributed by atoms with van der Waals surface area (Å²) in [5.74, 6) is 0.282. The van der Waals surface area contributed by atoms with Crippen LogP contribution < -0.4 is 4.74 Å². The number of carbonyl (C=O) groups is 1. The summed E-state index contributed by atoms with van der Waals surface area (Å²) in [6, 6.07) is 29.5. The number of carbonyl (C=O) groups excluding carboxylic acids is 1. The number of benzene rings is 3. The fraction of sp³-hybridized carbons (Fsp3) is 0.345. The molecular formula is C29H32O5S2. The smallest absolute Gasteiger partial charge is 0.208 e. The van der Waals surface area contributed by atoms with Crippen molar-refractivity contribution in [3.05, 3.63) is 84.9 Å². The van der Waals surface area contributed by atoms with E-state index in [9.17, 15) is 17.8 Å². The van der Waals surface area contributed by atoms with E-state index in [0.29, 0.717) is 12.8 Å². The van der Waals surface area contributed by atoms with Crippen LogP contribution >= 0.6 is 0 Å². The average Bonchev–Trinajstić information content (AvgIpc) is 3.18. The van der Waals surface area contributed by atoms with Crippen molar-refractivity contribution in [2.75, 3.05) is 7.11 Å². The first-order valence-corrected chi connectivity index (χ1v) is 14.7. The van der Waals surface area contributed by atoms with E-state index in [1.807, 2.05) is 26.0 Å². The number of hydrogen-bond donors (Lipinski definition) is 0. The Balaban J connectivity index is 0.000000179. The van der Waals surface area contributed by atoms with Crippen LogP contribution in [-0.2, 0) is 25.8 Å². The third-order valence-corrected chi connectivity index (χ3v) is 11.5. The predicted molar refractivity (Wildman–Crippen MR) is 141 cm³/mol. The molecule has 2 bridgehead atoms. The molecule has 0 saturated heterocycles. The monoisotopic (exact) mass is 524 g/mol. The maximum absolute atomic E-state index is 12.0. The molecule has 0 spiro atoms. The van der Waals surface area contributed by atoms with Gasteiger partial charge in [-0.05, 0) is 60.6 Å². The van der Waals surface area contributed by atoms with Gasteiger partial charge in [-0.2, -0.15) is 0 Å². The number of rotatable bonds is 5. The average molecular weight is 525 g/mol. The lowest BCUT2D eigenvalue weighted by Gasteiger charge is -2.32. The Morgan fingerprint density at radius 1 is 0.861 bits per heavy atom. The van der Waals surface area contributed by atoms with E-state index in [-0.39, 0.29) is 28.0 Å². The summed E-state index contributed by atoms with van der Waals surface area (Å²) in [5, 5.41) is -1.30. The van der Waals surface area contributed by atoms with Gasteiger partial charge in [-0.1, -0.05) is 69.3 Å². The van der Waals surface area contributed by atoms with Gasteiger partial charge in [0.2, 0.25) is 4.90 Å². The predicted octanol–water partition coefficient (Wildman–Crippen LogP) is 5.72. The van der Waals surface area contributed by atoms with E-state index >= 15 is 0 Å². The lowest BCUT2D eigenvalue weighted by atomic mass is 9.70. The lowest BCUT2D eigenvalue weighted by Crippen LogP contribution is -2.38. The molecule has 0 radical (unpaired) electrons. The standard InChI is InChI=1S/C19H17OS.C10H16O4S/c1-20-18-14-8-9-15-19(18)21(16-10-4-2-5-11-16)17-12-6-3-7-13-17;1-9(2)6-4-5-10(9,3)8(11)7(6)15(12,13)14/h2-15H,1H3;6-7H,4-5H2,1-3H3,(H,12,13,14)/q+1;/p-1. The van der Waals surface area contributed by atoms with Crippen LogP contribution in [-0.4, -0.2) is 31.1 Å². The van der Waals surface area contributed by atoms with Crippen molar-refractivity contribution in [2.24, 2.45) is 16.7 Å². The highest BCUT2D eigenvalue weighted by molar-refractivity contribution is 7.97. The minimum Gasteiger partial charge on any atom is -0.747 e. The highest BCUT2D eigenvalue weighted by Crippen LogP contribution is 2.64. The van der Waals surface area contributed by atoms with E-state index in [1.165, 1.54) is 14.7 Å². The van der Waals surface area contributed by atoms with Crippen LogP contribution in [0.4, 0.5) is 0 Å². The first kappa shape index (κ1) is 26.5. The van der Waals surface area contributed by atoms with E-state index in [0.717, 1.165) is 5.75 Å². The molecule has 5 nitrogen and oxygen atoms in total.